The summed E-state index contributed by atoms with van der Waals surface area (Å²) in [6, 6.07) is 7.26. The van der Waals surface area contributed by atoms with Crippen molar-refractivity contribution in [3.63, 3.8) is 0 Å². The van der Waals surface area contributed by atoms with Gasteiger partial charge in [-0.2, -0.15) is 4.31 Å². The van der Waals surface area contributed by atoms with Gasteiger partial charge in [-0.1, -0.05) is 6.42 Å². The Kier molecular flexibility index (Phi) is 8.16. The summed E-state index contributed by atoms with van der Waals surface area (Å²) in [6.07, 6.45) is 9.08. The molecule has 1 unspecified atom stereocenters. The van der Waals surface area contributed by atoms with Gasteiger partial charge in [-0.15, -0.1) is 0 Å². The number of hydrogen-bond donors (Lipinski definition) is 0. The van der Waals surface area contributed by atoms with Crippen LogP contribution in [0.2, 0.25) is 0 Å². The van der Waals surface area contributed by atoms with Gasteiger partial charge in [-0.05, 0) is 68.5 Å². The molecule has 5 rings (SSSR count). The number of aryl methyl sites for hydroxylation is 2. The van der Waals surface area contributed by atoms with Crippen LogP contribution in [-0.4, -0.2) is 70.7 Å². The summed E-state index contributed by atoms with van der Waals surface area (Å²) in [4.78, 5) is 24.4. The first-order valence-corrected chi connectivity index (χ1v) is 15.1. The highest BCUT2D eigenvalue weighted by molar-refractivity contribution is 7.89. The third-order valence-corrected chi connectivity index (χ3v) is 10.1. The van der Waals surface area contributed by atoms with Gasteiger partial charge in [0.05, 0.1) is 30.8 Å². The van der Waals surface area contributed by atoms with Crippen LogP contribution >= 0.6 is 0 Å². The number of sulfonamides is 1. The Balaban J connectivity index is 1.21. The summed E-state index contributed by atoms with van der Waals surface area (Å²) in [5.74, 6) is 1.75. The first-order chi connectivity index (χ1) is 18.8. The molecule has 1 fully saturated rings. The molecule has 0 N–H and O–H groups in total. The summed E-state index contributed by atoms with van der Waals surface area (Å²) in [6.45, 7) is 6.66. The number of benzene rings is 1. The molecule has 208 valence electrons. The predicted molar refractivity (Wildman–Crippen MR) is 149 cm³/mol. The fourth-order valence-corrected chi connectivity index (χ4v) is 8.03. The molecule has 0 bridgehead atoms. The Morgan fingerprint density at radius 1 is 1.08 bits per heavy atom. The number of piperidine rings is 1. The minimum Gasteiger partial charge on any atom is -0.497 e. The number of imidazole rings is 1. The number of fused-ring (bicyclic) bond motifs is 1. The van der Waals surface area contributed by atoms with Crippen molar-refractivity contribution in [2.75, 3.05) is 26.7 Å². The zero-order chi connectivity index (χ0) is 27.6. The number of ketones is 1. The number of Topliss-reactive ketones (excluding diaryl/α,β-unsaturated/α-hetero) is 1. The molecule has 1 saturated heterocycles. The van der Waals surface area contributed by atoms with E-state index in [1.54, 1.807) is 35.9 Å². The number of rotatable bonds is 9. The SMILES string of the molecule is COc1cc(C)c(S(=O)(=O)N2CCCCC2CCC(=O)CN2CCn3cc(-c4ccncc4)nc3C2)c(C)c1. The molecule has 2 aliphatic heterocycles. The van der Waals surface area contributed by atoms with E-state index in [-0.39, 0.29) is 11.8 Å². The quantitative estimate of drug-likeness (QED) is 0.397. The first-order valence-electron chi connectivity index (χ1n) is 13.6. The van der Waals surface area contributed by atoms with Crippen molar-refractivity contribution in [2.45, 2.75) is 70.0 Å². The van der Waals surface area contributed by atoms with Gasteiger partial charge in [-0.3, -0.25) is 14.7 Å². The van der Waals surface area contributed by atoms with Gasteiger partial charge in [0.2, 0.25) is 10.0 Å². The predicted octanol–water partition coefficient (Wildman–Crippen LogP) is 3.98. The first kappa shape index (κ1) is 27.5. The highest BCUT2D eigenvalue weighted by atomic mass is 32.2. The average molecular weight is 552 g/mol. The lowest BCUT2D eigenvalue weighted by atomic mass is 9.99. The highest BCUT2D eigenvalue weighted by Crippen LogP contribution is 2.33. The van der Waals surface area contributed by atoms with Crippen molar-refractivity contribution in [1.82, 2.24) is 23.7 Å². The Hall–Kier alpha value is -3.08. The van der Waals surface area contributed by atoms with Crippen molar-refractivity contribution in [2.24, 2.45) is 0 Å². The molecular formula is C29H37N5O4S. The number of carbonyl (C=O) groups is 1. The lowest BCUT2D eigenvalue weighted by Gasteiger charge is -2.35. The number of nitrogens with zero attached hydrogens (tertiary/aromatic N) is 5. The molecule has 2 aromatic heterocycles. The van der Waals surface area contributed by atoms with E-state index in [0.717, 1.165) is 49.4 Å². The fourth-order valence-electron chi connectivity index (χ4n) is 5.89. The van der Waals surface area contributed by atoms with Crippen LogP contribution in [0.3, 0.4) is 0 Å². The fraction of sp³-hybridized carbons (Fsp3) is 0.483. The largest absolute Gasteiger partial charge is 0.497 e. The zero-order valence-electron chi connectivity index (χ0n) is 23.0. The van der Waals surface area contributed by atoms with Gasteiger partial charge < -0.3 is 9.30 Å². The minimum absolute atomic E-state index is 0.143. The normalized spacial score (nSPS) is 18.6. The topological polar surface area (TPSA) is 97.6 Å². The van der Waals surface area contributed by atoms with E-state index in [0.29, 0.717) is 54.2 Å². The van der Waals surface area contributed by atoms with Gasteiger partial charge in [-0.25, -0.2) is 13.4 Å². The van der Waals surface area contributed by atoms with Crippen molar-refractivity contribution < 1.29 is 17.9 Å². The summed E-state index contributed by atoms with van der Waals surface area (Å²) >= 11 is 0. The van der Waals surface area contributed by atoms with Gasteiger partial charge in [0.15, 0.2) is 0 Å². The van der Waals surface area contributed by atoms with E-state index < -0.39 is 10.0 Å². The number of hydrogen-bond acceptors (Lipinski definition) is 7. The molecule has 4 heterocycles. The van der Waals surface area contributed by atoms with Crippen LogP contribution in [-0.2, 0) is 27.9 Å². The van der Waals surface area contributed by atoms with E-state index in [1.807, 2.05) is 26.0 Å². The number of ether oxygens (including phenoxy) is 1. The Labute approximate surface area is 230 Å². The van der Waals surface area contributed by atoms with Crippen LogP contribution in [0.4, 0.5) is 0 Å². The van der Waals surface area contributed by atoms with E-state index >= 15 is 0 Å². The van der Waals surface area contributed by atoms with Crippen molar-refractivity contribution in [3.8, 4) is 17.0 Å². The molecule has 0 saturated carbocycles. The molecule has 10 heteroatoms. The standard InChI is InChI=1S/C29H37N5O4S/c1-21-16-26(38-3)17-22(2)29(21)39(36,37)34-13-5-4-6-24(34)7-8-25(35)18-32-14-15-33-19-27(31-28(33)20-32)23-9-11-30-12-10-23/h9-12,16-17,19,24H,4-8,13-15,18,20H2,1-3H3. The molecule has 0 amide bonds. The van der Waals surface area contributed by atoms with E-state index in [2.05, 4.69) is 20.6 Å². The maximum absolute atomic E-state index is 13.8. The van der Waals surface area contributed by atoms with E-state index in [9.17, 15) is 13.2 Å². The maximum atomic E-state index is 13.8. The molecule has 39 heavy (non-hydrogen) atoms. The molecule has 1 atom stereocenters. The lowest BCUT2D eigenvalue weighted by molar-refractivity contribution is -0.120. The van der Waals surface area contributed by atoms with Crippen molar-refractivity contribution in [3.05, 3.63) is 59.8 Å². The smallest absolute Gasteiger partial charge is 0.243 e. The monoisotopic (exact) mass is 551 g/mol. The molecule has 0 spiro atoms. The van der Waals surface area contributed by atoms with Crippen LogP contribution in [0, 0.1) is 13.8 Å². The van der Waals surface area contributed by atoms with Crippen molar-refractivity contribution >= 4 is 15.8 Å². The molecule has 1 aromatic carbocycles. The van der Waals surface area contributed by atoms with Crippen LogP contribution in [0.25, 0.3) is 11.3 Å². The summed E-state index contributed by atoms with van der Waals surface area (Å²) in [5, 5.41) is 0. The van der Waals surface area contributed by atoms with Crippen LogP contribution in [0.1, 0.15) is 49.1 Å². The summed E-state index contributed by atoms with van der Waals surface area (Å²) < 4.78 is 36.7. The molecular weight excluding hydrogens is 514 g/mol. The van der Waals surface area contributed by atoms with Gasteiger partial charge in [0.25, 0.3) is 0 Å². The second-order valence-corrected chi connectivity index (χ2v) is 12.4. The second-order valence-electron chi connectivity index (χ2n) is 10.6. The third-order valence-electron chi connectivity index (χ3n) is 7.82. The summed E-state index contributed by atoms with van der Waals surface area (Å²) in [5.41, 5.74) is 3.31. The van der Waals surface area contributed by atoms with E-state index in [1.165, 1.54) is 0 Å². The number of pyridine rings is 1. The average Bonchev–Trinajstić information content (AvgIpc) is 3.35. The second kappa shape index (κ2) is 11.6. The number of methoxy groups -OCH3 is 1. The highest BCUT2D eigenvalue weighted by Gasteiger charge is 2.35. The summed E-state index contributed by atoms with van der Waals surface area (Å²) in [7, 11) is -2.10. The molecule has 0 aliphatic carbocycles. The van der Waals surface area contributed by atoms with Crippen LogP contribution in [0.5, 0.6) is 5.75 Å². The van der Waals surface area contributed by atoms with Gasteiger partial charge >= 0.3 is 0 Å². The van der Waals surface area contributed by atoms with Crippen molar-refractivity contribution in [1.29, 1.82) is 0 Å². The lowest BCUT2D eigenvalue weighted by Crippen LogP contribution is -2.44. The maximum Gasteiger partial charge on any atom is 0.243 e. The Morgan fingerprint density at radius 2 is 1.82 bits per heavy atom. The Bertz CT molecular complexity index is 1410. The molecule has 3 aromatic rings. The molecule has 9 nitrogen and oxygen atoms in total. The van der Waals surface area contributed by atoms with Gasteiger partial charge in [0, 0.05) is 56.3 Å². The number of carbonyl (C=O) groups excluding carboxylic acids is 1. The third kappa shape index (κ3) is 5.92. The molecule has 0 radical (unpaired) electrons. The van der Waals surface area contributed by atoms with Crippen LogP contribution < -0.4 is 4.74 Å². The zero-order valence-corrected chi connectivity index (χ0v) is 23.8. The number of aromatic nitrogens is 3. The Morgan fingerprint density at radius 3 is 2.54 bits per heavy atom. The minimum atomic E-state index is -3.69. The van der Waals surface area contributed by atoms with Gasteiger partial charge in [0.1, 0.15) is 17.4 Å². The van der Waals surface area contributed by atoms with Crippen LogP contribution in [0.15, 0.2) is 47.8 Å². The van der Waals surface area contributed by atoms with E-state index in [4.69, 9.17) is 9.72 Å². The molecule has 2 aliphatic rings.